The molecule has 4 heteroatoms. The van der Waals surface area contributed by atoms with E-state index in [1.165, 1.54) is 0 Å². The number of benzene rings is 1. The number of methoxy groups -OCH3 is 1. The Morgan fingerprint density at radius 3 is 2.39 bits per heavy atom. The fourth-order valence-corrected chi connectivity index (χ4v) is 2.37. The Bertz CT molecular complexity index is 360. The predicted octanol–water partition coefficient (Wildman–Crippen LogP) is 3.80. The molecule has 0 aliphatic heterocycles. The van der Waals surface area contributed by atoms with E-state index in [0.717, 1.165) is 41.7 Å². The van der Waals surface area contributed by atoms with Crippen molar-refractivity contribution in [1.29, 1.82) is 0 Å². The highest BCUT2D eigenvalue weighted by molar-refractivity contribution is 6.35. The molecule has 0 spiro atoms. The van der Waals surface area contributed by atoms with Crippen LogP contribution in [0, 0.1) is 5.41 Å². The van der Waals surface area contributed by atoms with Crippen molar-refractivity contribution < 1.29 is 4.74 Å². The number of halogens is 2. The van der Waals surface area contributed by atoms with Crippen molar-refractivity contribution in [3.8, 4) is 0 Å². The molecule has 0 saturated heterocycles. The average Bonchev–Trinajstić information content (AvgIpc) is 2.30. The Kier molecular flexibility index (Phi) is 6.44. The molecule has 0 aliphatic carbocycles. The fourth-order valence-electron chi connectivity index (χ4n) is 1.84. The number of ether oxygens (including phenoxy) is 1. The molecular weight excluding hydrogens is 269 g/mol. The Hall–Kier alpha value is -0.280. The Labute approximate surface area is 120 Å². The van der Waals surface area contributed by atoms with Crippen molar-refractivity contribution in [3.05, 3.63) is 33.8 Å². The normalized spacial score (nSPS) is 11.8. The summed E-state index contributed by atoms with van der Waals surface area (Å²) in [6.45, 7) is 6.88. The summed E-state index contributed by atoms with van der Waals surface area (Å²) in [5, 5.41) is 4.86. The molecule has 0 heterocycles. The monoisotopic (exact) mass is 289 g/mol. The van der Waals surface area contributed by atoms with Crippen LogP contribution in [0.4, 0.5) is 0 Å². The maximum Gasteiger partial charge on any atom is 0.0587 e. The smallest absolute Gasteiger partial charge is 0.0587 e. The molecule has 0 aliphatic rings. The van der Waals surface area contributed by atoms with E-state index in [1.807, 2.05) is 18.2 Å². The standard InChI is InChI=1S/C14H21Cl2NO/c1-14(2,10-17-7-8-18-3)9-11-12(15)5-4-6-13(11)16/h4-6,17H,7-10H2,1-3H3. The van der Waals surface area contributed by atoms with Crippen LogP contribution in [-0.4, -0.2) is 26.8 Å². The van der Waals surface area contributed by atoms with Gasteiger partial charge in [0.15, 0.2) is 0 Å². The third-order valence-electron chi connectivity index (χ3n) is 2.80. The molecule has 0 unspecified atom stereocenters. The topological polar surface area (TPSA) is 21.3 Å². The van der Waals surface area contributed by atoms with Crippen molar-refractivity contribution in [2.75, 3.05) is 26.8 Å². The Balaban J connectivity index is 2.59. The summed E-state index contributed by atoms with van der Waals surface area (Å²) in [4.78, 5) is 0. The van der Waals surface area contributed by atoms with Crippen molar-refractivity contribution in [2.24, 2.45) is 5.41 Å². The zero-order valence-corrected chi connectivity index (χ0v) is 12.7. The number of hydrogen-bond donors (Lipinski definition) is 1. The molecule has 0 saturated carbocycles. The second-order valence-electron chi connectivity index (χ2n) is 5.21. The minimum atomic E-state index is 0.0996. The molecule has 1 aromatic rings. The second-order valence-corrected chi connectivity index (χ2v) is 6.03. The van der Waals surface area contributed by atoms with Crippen LogP contribution in [0.5, 0.6) is 0 Å². The summed E-state index contributed by atoms with van der Waals surface area (Å²) >= 11 is 12.4. The third-order valence-corrected chi connectivity index (χ3v) is 3.51. The van der Waals surface area contributed by atoms with E-state index in [1.54, 1.807) is 7.11 Å². The number of hydrogen-bond acceptors (Lipinski definition) is 2. The Morgan fingerprint density at radius 1 is 1.22 bits per heavy atom. The molecule has 1 aromatic carbocycles. The van der Waals surface area contributed by atoms with Crippen molar-refractivity contribution in [1.82, 2.24) is 5.32 Å². The average molecular weight is 290 g/mol. The maximum absolute atomic E-state index is 6.19. The minimum absolute atomic E-state index is 0.0996. The first-order valence-corrected chi connectivity index (χ1v) is 6.84. The van der Waals surface area contributed by atoms with Crippen LogP contribution >= 0.6 is 23.2 Å². The van der Waals surface area contributed by atoms with Gasteiger partial charge >= 0.3 is 0 Å². The van der Waals surface area contributed by atoms with Crippen molar-refractivity contribution in [2.45, 2.75) is 20.3 Å². The van der Waals surface area contributed by atoms with Gasteiger partial charge in [0, 0.05) is 30.2 Å². The number of nitrogens with one attached hydrogen (secondary N) is 1. The summed E-state index contributed by atoms with van der Waals surface area (Å²) in [7, 11) is 1.70. The van der Waals surface area contributed by atoms with Gasteiger partial charge in [-0.15, -0.1) is 0 Å². The van der Waals surface area contributed by atoms with E-state index in [0.29, 0.717) is 0 Å². The first kappa shape index (κ1) is 15.8. The number of rotatable bonds is 7. The van der Waals surface area contributed by atoms with E-state index < -0.39 is 0 Å². The highest BCUT2D eigenvalue weighted by atomic mass is 35.5. The molecule has 0 atom stereocenters. The quantitative estimate of drug-likeness (QED) is 0.771. The zero-order chi connectivity index (χ0) is 13.6. The van der Waals surface area contributed by atoms with Crippen molar-refractivity contribution >= 4 is 23.2 Å². The lowest BCUT2D eigenvalue weighted by atomic mass is 9.85. The molecule has 1 N–H and O–H groups in total. The van der Waals surface area contributed by atoms with Crippen molar-refractivity contribution in [3.63, 3.8) is 0 Å². The van der Waals surface area contributed by atoms with Gasteiger partial charge in [-0.2, -0.15) is 0 Å². The fraction of sp³-hybridized carbons (Fsp3) is 0.571. The van der Waals surface area contributed by atoms with Gasteiger partial charge in [0.05, 0.1) is 6.61 Å². The van der Waals surface area contributed by atoms with E-state index in [2.05, 4.69) is 19.2 Å². The lowest BCUT2D eigenvalue weighted by Crippen LogP contribution is -2.33. The molecule has 1 rings (SSSR count). The third kappa shape index (κ3) is 5.15. The molecule has 0 aromatic heterocycles. The molecule has 102 valence electrons. The van der Waals surface area contributed by atoms with Crippen LogP contribution in [0.15, 0.2) is 18.2 Å². The Morgan fingerprint density at radius 2 is 1.83 bits per heavy atom. The molecular formula is C14H21Cl2NO. The van der Waals surface area contributed by atoms with Crippen LogP contribution in [0.1, 0.15) is 19.4 Å². The van der Waals surface area contributed by atoms with Gasteiger partial charge in [-0.25, -0.2) is 0 Å². The molecule has 18 heavy (non-hydrogen) atoms. The molecule has 2 nitrogen and oxygen atoms in total. The highest BCUT2D eigenvalue weighted by Crippen LogP contribution is 2.31. The largest absolute Gasteiger partial charge is 0.383 e. The van der Waals surface area contributed by atoms with Crippen LogP contribution < -0.4 is 5.32 Å². The van der Waals surface area contributed by atoms with Crippen LogP contribution in [0.3, 0.4) is 0 Å². The molecule has 0 radical (unpaired) electrons. The van der Waals surface area contributed by atoms with E-state index >= 15 is 0 Å². The highest BCUT2D eigenvalue weighted by Gasteiger charge is 2.21. The maximum atomic E-state index is 6.19. The van der Waals surface area contributed by atoms with Gasteiger partial charge in [0.2, 0.25) is 0 Å². The lowest BCUT2D eigenvalue weighted by molar-refractivity contribution is 0.194. The lowest BCUT2D eigenvalue weighted by Gasteiger charge is -2.26. The predicted molar refractivity (Wildman–Crippen MR) is 78.7 cm³/mol. The molecule has 0 amide bonds. The second kappa shape index (κ2) is 7.34. The van der Waals surface area contributed by atoms with Crippen LogP contribution in [0.2, 0.25) is 10.0 Å². The molecule has 0 bridgehead atoms. The van der Waals surface area contributed by atoms with Gasteiger partial charge in [-0.1, -0.05) is 43.1 Å². The van der Waals surface area contributed by atoms with Gasteiger partial charge in [-0.3, -0.25) is 0 Å². The zero-order valence-electron chi connectivity index (χ0n) is 11.2. The van der Waals surface area contributed by atoms with E-state index in [4.69, 9.17) is 27.9 Å². The summed E-state index contributed by atoms with van der Waals surface area (Å²) in [5.41, 5.74) is 1.13. The summed E-state index contributed by atoms with van der Waals surface area (Å²) in [5.74, 6) is 0. The first-order valence-electron chi connectivity index (χ1n) is 6.09. The summed E-state index contributed by atoms with van der Waals surface area (Å²) in [6, 6.07) is 5.65. The minimum Gasteiger partial charge on any atom is -0.383 e. The molecule has 0 fully saturated rings. The van der Waals surface area contributed by atoms with E-state index in [9.17, 15) is 0 Å². The summed E-state index contributed by atoms with van der Waals surface area (Å²) in [6.07, 6.45) is 0.853. The van der Waals surface area contributed by atoms with Crippen LogP contribution in [-0.2, 0) is 11.2 Å². The van der Waals surface area contributed by atoms with Gasteiger partial charge in [0.25, 0.3) is 0 Å². The van der Waals surface area contributed by atoms with Gasteiger partial charge in [-0.05, 0) is 29.5 Å². The van der Waals surface area contributed by atoms with Crippen LogP contribution in [0.25, 0.3) is 0 Å². The first-order chi connectivity index (χ1) is 8.46. The SMILES string of the molecule is COCCNCC(C)(C)Cc1c(Cl)cccc1Cl. The van der Waals surface area contributed by atoms with Gasteiger partial charge in [0.1, 0.15) is 0 Å². The summed E-state index contributed by atoms with van der Waals surface area (Å²) < 4.78 is 5.01. The van der Waals surface area contributed by atoms with E-state index in [-0.39, 0.29) is 5.41 Å². The van der Waals surface area contributed by atoms with Gasteiger partial charge < -0.3 is 10.1 Å².